The first kappa shape index (κ1) is 22.4. The molecule has 0 aromatic heterocycles. The van der Waals surface area contributed by atoms with Gasteiger partial charge in [-0.1, -0.05) is 50.2 Å². The van der Waals surface area contributed by atoms with Crippen molar-refractivity contribution < 1.29 is 17.9 Å². The second kappa shape index (κ2) is 9.66. The highest BCUT2D eigenvalue weighted by atomic mass is 32.2. The molecule has 0 heterocycles. The lowest BCUT2D eigenvalue weighted by atomic mass is 10.0. The molecule has 162 valence electrons. The van der Waals surface area contributed by atoms with Crippen molar-refractivity contribution in [3.63, 3.8) is 0 Å². The van der Waals surface area contributed by atoms with Crippen LogP contribution in [0, 0.1) is 0 Å². The SMILES string of the molecule is CCc1cccc(CC)c1NS(=O)(=O)c1ccc(OC)c(NC(=O)c2ccccc2)c1. The van der Waals surface area contributed by atoms with Crippen molar-refractivity contribution in [3.05, 3.63) is 83.4 Å². The van der Waals surface area contributed by atoms with Crippen LogP contribution in [0.1, 0.15) is 35.3 Å². The van der Waals surface area contributed by atoms with Crippen LogP contribution in [-0.4, -0.2) is 21.4 Å². The Labute approximate surface area is 183 Å². The van der Waals surface area contributed by atoms with E-state index in [9.17, 15) is 13.2 Å². The molecule has 0 aliphatic heterocycles. The second-order valence-electron chi connectivity index (χ2n) is 6.95. The summed E-state index contributed by atoms with van der Waals surface area (Å²) in [6.45, 7) is 3.97. The van der Waals surface area contributed by atoms with E-state index in [0.717, 1.165) is 11.1 Å². The molecule has 0 saturated heterocycles. The Morgan fingerprint density at radius 3 is 2.13 bits per heavy atom. The van der Waals surface area contributed by atoms with Gasteiger partial charge < -0.3 is 10.1 Å². The summed E-state index contributed by atoms with van der Waals surface area (Å²) in [4.78, 5) is 12.6. The first-order valence-electron chi connectivity index (χ1n) is 10.1. The fraction of sp³-hybridized carbons (Fsp3) is 0.208. The van der Waals surface area contributed by atoms with Crippen LogP contribution < -0.4 is 14.8 Å². The highest BCUT2D eigenvalue weighted by molar-refractivity contribution is 7.92. The zero-order valence-electron chi connectivity index (χ0n) is 17.8. The lowest BCUT2D eigenvalue weighted by molar-refractivity contribution is 0.102. The molecule has 2 N–H and O–H groups in total. The summed E-state index contributed by atoms with van der Waals surface area (Å²) < 4.78 is 34.4. The predicted molar refractivity (Wildman–Crippen MR) is 123 cm³/mol. The summed E-state index contributed by atoms with van der Waals surface area (Å²) in [5.41, 5.74) is 3.19. The number of sulfonamides is 1. The number of ether oxygens (including phenoxy) is 1. The third-order valence-corrected chi connectivity index (χ3v) is 6.35. The molecule has 0 fully saturated rings. The number of aryl methyl sites for hydroxylation is 2. The van der Waals surface area contributed by atoms with Crippen molar-refractivity contribution >= 4 is 27.3 Å². The number of hydrogen-bond acceptors (Lipinski definition) is 4. The highest BCUT2D eigenvalue weighted by Gasteiger charge is 2.20. The minimum atomic E-state index is -3.88. The molecule has 0 saturated carbocycles. The third kappa shape index (κ3) is 5.06. The van der Waals surface area contributed by atoms with Crippen LogP contribution in [0.4, 0.5) is 11.4 Å². The smallest absolute Gasteiger partial charge is 0.261 e. The van der Waals surface area contributed by atoms with Crippen molar-refractivity contribution in [2.75, 3.05) is 17.1 Å². The fourth-order valence-corrected chi connectivity index (χ4v) is 4.47. The van der Waals surface area contributed by atoms with Gasteiger partial charge in [0.05, 0.1) is 23.4 Å². The van der Waals surface area contributed by atoms with Gasteiger partial charge in [0, 0.05) is 5.56 Å². The molecule has 31 heavy (non-hydrogen) atoms. The molecular weight excluding hydrogens is 412 g/mol. The van der Waals surface area contributed by atoms with Crippen molar-refractivity contribution in [2.24, 2.45) is 0 Å². The molecule has 0 aliphatic carbocycles. The topological polar surface area (TPSA) is 84.5 Å². The fourth-order valence-electron chi connectivity index (χ4n) is 3.30. The van der Waals surface area contributed by atoms with Gasteiger partial charge in [0.2, 0.25) is 0 Å². The maximum Gasteiger partial charge on any atom is 0.261 e. The molecule has 0 atom stereocenters. The molecule has 3 aromatic rings. The molecule has 3 rings (SSSR count). The number of methoxy groups -OCH3 is 1. The van der Waals surface area contributed by atoms with Crippen LogP contribution in [0.5, 0.6) is 5.75 Å². The van der Waals surface area contributed by atoms with Crippen LogP contribution in [0.15, 0.2) is 71.6 Å². The predicted octanol–water partition coefficient (Wildman–Crippen LogP) is 4.87. The van der Waals surface area contributed by atoms with E-state index in [1.54, 1.807) is 24.3 Å². The Morgan fingerprint density at radius 2 is 1.55 bits per heavy atom. The molecule has 0 unspecified atom stereocenters. The van der Waals surface area contributed by atoms with Gasteiger partial charge in [0.1, 0.15) is 5.75 Å². The largest absolute Gasteiger partial charge is 0.495 e. The molecule has 0 aliphatic rings. The van der Waals surface area contributed by atoms with Crippen LogP contribution in [0.25, 0.3) is 0 Å². The Hall–Kier alpha value is -3.32. The van der Waals surface area contributed by atoms with Crippen molar-refractivity contribution in [3.8, 4) is 5.75 Å². The van der Waals surface area contributed by atoms with Gasteiger partial charge >= 0.3 is 0 Å². The van der Waals surface area contributed by atoms with Crippen molar-refractivity contribution in [1.29, 1.82) is 0 Å². The monoisotopic (exact) mass is 438 g/mol. The van der Waals surface area contributed by atoms with E-state index in [4.69, 9.17) is 4.74 Å². The number of anilines is 2. The summed E-state index contributed by atoms with van der Waals surface area (Å²) in [7, 11) is -2.42. The van der Waals surface area contributed by atoms with E-state index >= 15 is 0 Å². The van der Waals surface area contributed by atoms with Gasteiger partial charge in [-0.25, -0.2) is 8.42 Å². The number of benzene rings is 3. The summed E-state index contributed by atoms with van der Waals surface area (Å²) in [5.74, 6) is 0.0115. The van der Waals surface area contributed by atoms with E-state index in [1.807, 2.05) is 38.1 Å². The van der Waals surface area contributed by atoms with Crippen molar-refractivity contribution in [2.45, 2.75) is 31.6 Å². The summed E-state index contributed by atoms with van der Waals surface area (Å²) in [6, 6.07) is 18.8. The Balaban J connectivity index is 1.96. The van der Waals surface area contributed by atoms with Crippen LogP contribution in [-0.2, 0) is 22.9 Å². The average Bonchev–Trinajstić information content (AvgIpc) is 2.79. The molecule has 7 heteroatoms. The average molecular weight is 439 g/mol. The summed E-state index contributed by atoms with van der Waals surface area (Å²) in [6.07, 6.45) is 1.40. The van der Waals surface area contributed by atoms with Crippen molar-refractivity contribution in [1.82, 2.24) is 0 Å². The van der Waals surface area contributed by atoms with Crippen LogP contribution in [0.3, 0.4) is 0 Å². The van der Waals surface area contributed by atoms with Gasteiger partial charge in [-0.3, -0.25) is 9.52 Å². The Kier molecular flexibility index (Phi) is 6.97. The molecule has 6 nitrogen and oxygen atoms in total. The molecule has 3 aromatic carbocycles. The molecule has 0 radical (unpaired) electrons. The van der Waals surface area contributed by atoms with E-state index in [1.165, 1.54) is 25.3 Å². The minimum Gasteiger partial charge on any atom is -0.495 e. The maximum atomic E-state index is 13.2. The number of para-hydroxylation sites is 1. The van der Waals surface area contributed by atoms with Gasteiger partial charge in [0.25, 0.3) is 15.9 Å². The summed E-state index contributed by atoms with van der Waals surface area (Å²) >= 11 is 0. The van der Waals surface area contributed by atoms with E-state index in [-0.39, 0.29) is 16.5 Å². The lowest BCUT2D eigenvalue weighted by Crippen LogP contribution is -2.17. The zero-order chi connectivity index (χ0) is 22.4. The number of nitrogens with one attached hydrogen (secondary N) is 2. The quantitative estimate of drug-likeness (QED) is 0.525. The minimum absolute atomic E-state index is 0.0321. The van der Waals surface area contributed by atoms with Gasteiger partial charge in [-0.05, 0) is 54.3 Å². The normalized spacial score (nSPS) is 11.1. The first-order valence-corrected chi connectivity index (χ1v) is 11.6. The van der Waals surface area contributed by atoms with E-state index in [2.05, 4.69) is 10.0 Å². The number of rotatable bonds is 8. The van der Waals surface area contributed by atoms with Crippen LogP contribution in [0.2, 0.25) is 0 Å². The molecule has 1 amide bonds. The molecular formula is C24H26N2O4S. The Morgan fingerprint density at radius 1 is 0.903 bits per heavy atom. The second-order valence-corrected chi connectivity index (χ2v) is 8.63. The zero-order valence-corrected chi connectivity index (χ0v) is 18.6. The first-order chi connectivity index (χ1) is 14.9. The highest BCUT2D eigenvalue weighted by Crippen LogP contribution is 2.30. The van der Waals surface area contributed by atoms with Gasteiger partial charge in [-0.2, -0.15) is 0 Å². The Bertz CT molecular complexity index is 1150. The van der Waals surface area contributed by atoms with Gasteiger partial charge in [-0.15, -0.1) is 0 Å². The number of carbonyl (C=O) groups is 1. The summed E-state index contributed by atoms with van der Waals surface area (Å²) in [5, 5.41) is 2.74. The number of carbonyl (C=O) groups excluding carboxylic acids is 1. The van der Waals surface area contributed by atoms with E-state index in [0.29, 0.717) is 29.8 Å². The standard InChI is InChI=1S/C24H26N2O4S/c1-4-17-12-9-13-18(5-2)23(17)26-31(28,29)20-14-15-22(30-3)21(16-20)25-24(27)19-10-7-6-8-11-19/h6-16,26H,4-5H2,1-3H3,(H,25,27). The maximum absolute atomic E-state index is 13.2. The third-order valence-electron chi connectivity index (χ3n) is 5.00. The van der Waals surface area contributed by atoms with E-state index < -0.39 is 10.0 Å². The molecule has 0 bridgehead atoms. The molecule has 0 spiro atoms. The number of hydrogen-bond donors (Lipinski definition) is 2. The van der Waals surface area contributed by atoms with Crippen LogP contribution >= 0.6 is 0 Å². The van der Waals surface area contributed by atoms with Gasteiger partial charge in [0.15, 0.2) is 0 Å². The number of amides is 1. The lowest BCUT2D eigenvalue weighted by Gasteiger charge is -2.17.